The van der Waals surface area contributed by atoms with Crippen LogP contribution in [0.2, 0.25) is 0 Å². The minimum atomic E-state index is -3.43. The van der Waals surface area contributed by atoms with E-state index in [-0.39, 0.29) is 17.7 Å². The first-order valence-electron chi connectivity index (χ1n) is 9.45. The molecule has 0 saturated carbocycles. The standard InChI is InChI=1S/C22H29NO3S/c1-17(2)9-7-10-18(3)23-22(24)20-12-8-11-19(15-20)16-27(25,26)21-13-5-4-6-14-21/h4-6,8,11-15,17-18H,7,9-10,16H2,1-3H3,(H,23,24)/t18-/m1/s1. The number of hydrogen-bond donors (Lipinski definition) is 1. The maximum atomic E-state index is 12.5. The van der Waals surface area contributed by atoms with Crippen molar-refractivity contribution in [1.82, 2.24) is 5.32 Å². The number of benzene rings is 2. The number of amides is 1. The van der Waals surface area contributed by atoms with E-state index in [1.165, 1.54) is 0 Å². The van der Waals surface area contributed by atoms with Crippen LogP contribution in [-0.2, 0) is 15.6 Å². The van der Waals surface area contributed by atoms with Gasteiger partial charge in [0.2, 0.25) is 0 Å². The molecule has 0 spiro atoms. The number of hydrogen-bond acceptors (Lipinski definition) is 3. The molecule has 1 atom stereocenters. The SMILES string of the molecule is CC(C)CCC[C@@H](C)NC(=O)c1cccc(CS(=O)(=O)c2ccccc2)c1. The van der Waals surface area contributed by atoms with Crippen molar-refractivity contribution in [2.24, 2.45) is 5.92 Å². The molecule has 4 nitrogen and oxygen atoms in total. The maximum absolute atomic E-state index is 12.5. The fraction of sp³-hybridized carbons (Fsp3) is 0.409. The van der Waals surface area contributed by atoms with Gasteiger partial charge in [0.25, 0.3) is 5.91 Å². The molecule has 0 heterocycles. The van der Waals surface area contributed by atoms with Crippen LogP contribution in [0.5, 0.6) is 0 Å². The van der Waals surface area contributed by atoms with E-state index in [9.17, 15) is 13.2 Å². The van der Waals surface area contributed by atoms with Crippen LogP contribution in [0.1, 0.15) is 56.0 Å². The Bertz CT molecular complexity index is 845. The molecular formula is C22H29NO3S. The van der Waals surface area contributed by atoms with Gasteiger partial charge in [0.1, 0.15) is 0 Å². The van der Waals surface area contributed by atoms with Crippen molar-refractivity contribution in [3.05, 3.63) is 65.7 Å². The molecule has 0 aromatic heterocycles. The van der Waals surface area contributed by atoms with Crippen LogP contribution in [0.4, 0.5) is 0 Å². The van der Waals surface area contributed by atoms with Gasteiger partial charge in [-0.05, 0) is 49.1 Å². The molecule has 2 rings (SSSR count). The highest BCUT2D eigenvalue weighted by molar-refractivity contribution is 7.90. The van der Waals surface area contributed by atoms with Gasteiger partial charge in [-0.3, -0.25) is 4.79 Å². The van der Waals surface area contributed by atoms with E-state index in [2.05, 4.69) is 19.2 Å². The number of carbonyl (C=O) groups is 1. The fourth-order valence-electron chi connectivity index (χ4n) is 2.94. The van der Waals surface area contributed by atoms with Gasteiger partial charge in [-0.25, -0.2) is 8.42 Å². The summed E-state index contributed by atoms with van der Waals surface area (Å²) >= 11 is 0. The van der Waals surface area contributed by atoms with E-state index >= 15 is 0 Å². The Labute approximate surface area is 162 Å². The van der Waals surface area contributed by atoms with E-state index in [0.29, 0.717) is 21.9 Å². The first-order chi connectivity index (χ1) is 12.8. The molecular weight excluding hydrogens is 358 g/mol. The second-order valence-electron chi connectivity index (χ2n) is 7.47. The molecule has 5 heteroatoms. The summed E-state index contributed by atoms with van der Waals surface area (Å²) in [5.74, 6) is 0.379. The van der Waals surface area contributed by atoms with Gasteiger partial charge in [0, 0.05) is 11.6 Å². The maximum Gasteiger partial charge on any atom is 0.251 e. The lowest BCUT2D eigenvalue weighted by molar-refractivity contribution is 0.0937. The van der Waals surface area contributed by atoms with Crippen molar-refractivity contribution in [3.63, 3.8) is 0 Å². The van der Waals surface area contributed by atoms with Crippen LogP contribution in [0, 0.1) is 5.92 Å². The average molecular weight is 388 g/mol. The number of nitrogens with one attached hydrogen (secondary N) is 1. The van der Waals surface area contributed by atoms with Gasteiger partial charge in [0.15, 0.2) is 9.84 Å². The monoisotopic (exact) mass is 387 g/mol. The molecule has 0 fully saturated rings. The van der Waals surface area contributed by atoms with E-state index in [1.807, 2.05) is 6.92 Å². The van der Waals surface area contributed by atoms with Gasteiger partial charge in [-0.15, -0.1) is 0 Å². The summed E-state index contributed by atoms with van der Waals surface area (Å²) in [5.41, 5.74) is 1.10. The van der Waals surface area contributed by atoms with E-state index < -0.39 is 9.84 Å². The lowest BCUT2D eigenvalue weighted by Crippen LogP contribution is -2.32. The summed E-state index contributed by atoms with van der Waals surface area (Å²) in [6, 6.07) is 15.3. The Morgan fingerprint density at radius 3 is 2.33 bits per heavy atom. The topological polar surface area (TPSA) is 63.2 Å². The minimum Gasteiger partial charge on any atom is -0.350 e. The fourth-order valence-corrected chi connectivity index (χ4v) is 4.30. The Morgan fingerprint density at radius 2 is 1.67 bits per heavy atom. The van der Waals surface area contributed by atoms with Crippen LogP contribution >= 0.6 is 0 Å². The van der Waals surface area contributed by atoms with Crippen molar-refractivity contribution in [2.45, 2.75) is 56.7 Å². The summed E-state index contributed by atoms with van der Waals surface area (Å²) < 4.78 is 25.1. The highest BCUT2D eigenvalue weighted by Crippen LogP contribution is 2.17. The Morgan fingerprint density at radius 1 is 0.963 bits per heavy atom. The molecule has 0 aliphatic carbocycles. The molecule has 2 aromatic carbocycles. The van der Waals surface area contributed by atoms with Crippen molar-refractivity contribution < 1.29 is 13.2 Å². The predicted molar refractivity (Wildman–Crippen MR) is 109 cm³/mol. The average Bonchev–Trinajstić information content (AvgIpc) is 2.62. The molecule has 0 radical (unpaired) electrons. The van der Waals surface area contributed by atoms with Crippen LogP contribution in [0.3, 0.4) is 0 Å². The van der Waals surface area contributed by atoms with Crippen LogP contribution < -0.4 is 5.32 Å². The number of carbonyl (C=O) groups excluding carboxylic acids is 1. The van der Waals surface area contributed by atoms with Gasteiger partial charge in [-0.1, -0.05) is 57.0 Å². The third-order valence-corrected chi connectivity index (χ3v) is 6.15. The molecule has 1 amide bonds. The summed E-state index contributed by atoms with van der Waals surface area (Å²) in [6.45, 7) is 6.39. The molecule has 27 heavy (non-hydrogen) atoms. The molecule has 2 aromatic rings. The van der Waals surface area contributed by atoms with Crippen molar-refractivity contribution in [2.75, 3.05) is 0 Å². The molecule has 146 valence electrons. The second-order valence-corrected chi connectivity index (χ2v) is 9.46. The zero-order chi connectivity index (χ0) is 19.9. The molecule has 0 bridgehead atoms. The molecule has 1 N–H and O–H groups in total. The molecule has 0 aliphatic heterocycles. The zero-order valence-corrected chi connectivity index (χ0v) is 17.1. The smallest absolute Gasteiger partial charge is 0.251 e. The lowest BCUT2D eigenvalue weighted by atomic mass is 10.0. The summed E-state index contributed by atoms with van der Waals surface area (Å²) in [7, 11) is -3.43. The van der Waals surface area contributed by atoms with E-state index in [0.717, 1.165) is 19.3 Å². The van der Waals surface area contributed by atoms with Gasteiger partial charge < -0.3 is 5.32 Å². The first kappa shape index (κ1) is 21.2. The predicted octanol–water partition coefficient (Wildman–Crippen LogP) is 4.61. The summed E-state index contributed by atoms with van der Waals surface area (Å²) in [4.78, 5) is 12.8. The molecule has 0 aliphatic rings. The van der Waals surface area contributed by atoms with Crippen LogP contribution in [-0.4, -0.2) is 20.4 Å². The summed E-state index contributed by atoms with van der Waals surface area (Å²) in [6.07, 6.45) is 3.16. The van der Waals surface area contributed by atoms with Crippen molar-refractivity contribution >= 4 is 15.7 Å². The van der Waals surface area contributed by atoms with Crippen molar-refractivity contribution in [3.8, 4) is 0 Å². The number of rotatable bonds is 9. The molecule has 0 unspecified atom stereocenters. The third kappa shape index (κ3) is 6.83. The minimum absolute atomic E-state index is 0.0907. The van der Waals surface area contributed by atoms with E-state index in [1.54, 1.807) is 54.6 Å². The number of sulfone groups is 1. The largest absolute Gasteiger partial charge is 0.350 e. The Hall–Kier alpha value is -2.14. The molecule has 0 saturated heterocycles. The van der Waals surface area contributed by atoms with Crippen LogP contribution in [0.25, 0.3) is 0 Å². The Kier molecular flexibility index (Phi) is 7.60. The highest BCUT2D eigenvalue weighted by Gasteiger charge is 2.16. The van der Waals surface area contributed by atoms with Gasteiger partial charge in [0.05, 0.1) is 10.6 Å². The lowest BCUT2D eigenvalue weighted by Gasteiger charge is -2.15. The van der Waals surface area contributed by atoms with Gasteiger partial charge >= 0.3 is 0 Å². The van der Waals surface area contributed by atoms with E-state index in [4.69, 9.17) is 0 Å². The van der Waals surface area contributed by atoms with Crippen LogP contribution in [0.15, 0.2) is 59.5 Å². The quantitative estimate of drug-likeness (QED) is 0.684. The summed E-state index contributed by atoms with van der Waals surface area (Å²) in [5, 5.41) is 3.00. The normalized spacial score (nSPS) is 12.7. The second kappa shape index (κ2) is 9.70. The van der Waals surface area contributed by atoms with Crippen molar-refractivity contribution in [1.29, 1.82) is 0 Å². The Balaban J connectivity index is 2.01. The highest BCUT2D eigenvalue weighted by atomic mass is 32.2. The van der Waals surface area contributed by atoms with Gasteiger partial charge in [-0.2, -0.15) is 0 Å². The zero-order valence-electron chi connectivity index (χ0n) is 16.3. The first-order valence-corrected chi connectivity index (χ1v) is 11.1. The third-order valence-electron chi connectivity index (χ3n) is 4.44.